The molecule has 0 aliphatic heterocycles. The van der Waals surface area contributed by atoms with Gasteiger partial charge in [0.15, 0.2) is 0 Å². The Hall–Kier alpha value is -1.09. The maximum absolute atomic E-state index is 11.1. The molecule has 0 saturated carbocycles. The highest BCUT2D eigenvalue weighted by molar-refractivity contribution is 6.74. The summed E-state index contributed by atoms with van der Waals surface area (Å²) in [5.74, 6) is 0.967. The van der Waals surface area contributed by atoms with Gasteiger partial charge in [-0.15, -0.1) is 0 Å². The van der Waals surface area contributed by atoms with Crippen LogP contribution in [0.15, 0.2) is 6.07 Å². The van der Waals surface area contributed by atoms with E-state index >= 15 is 0 Å². The number of benzene rings is 1. The van der Waals surface area contributed by atoms with Crippen LogP contribution >= 0.6 is 0 Å². The molecule has 0 aliphatic carbocycles. The van der Waals surface area contributed by atoms with Crippen LogP contribution in [0.5, 0.6) is 5.75 Å². The highest BCUT2D eigenvalue weighted by Crippen LogP contribution is 2.39. The molecule has 0 atom stereocenters. The molecule has 0 spiro atoms. The minimum absolute atomic E-state index is 0.170. The molecule has 0 aliphatic rings. The highest BCUT2D eigenvalue weighted by Gasteiger charge is 2.39. The topological polar surface area (TPSA) is 26.3 Å². The highest BCUT2D eigenvalue weighted by atomic mass is 28.4. The first-order valence-corrected chi connectivity index (χ1v) is 9.67. The minimum atomic E-state index is -1.85. The van der Waals surface area contributed by atoms with Crippen LogP contribution in [0.1, 0.15) is 47.8 Å². The quantitative estimate of drug-likeness (QED) is 0.586. The van der Waals surface area contributed by atoms with E-state index in [0.717, 1.165) is 34.3 Å². The van der Waals surface area contributed by atoms with Gasteiger partial charge in [0.2, 0.25) is 0 Å². The van der Waals surface area contributed by atoms with Gasteiger partial charge in [-0.05, 0) is 61.7 Å². The molecule has 0 saturated heterocycles. The van der Waals surface area contributed by atoms with Crippen molar-refractivity contribution in [3.63, 3.8) is 0 Å². The molecule has 0 N–H and O–H groups in total. The van der Waals surface area contributed by atoms with Crippen LogP contribution in [0.3, 0.4) is 0 Å². The predicted molar refractivity (Wildman–Crippen MR) is 83.9 cm³/mol. The minimum Gasteiger partial charge on any atom is -0.543 e. The molecule has 0 unspecified atom stereocenters. The SMILES string of the molecule is Cc1cc(C=O)c(C)c(C)c1O[Si](C)(C)C(C)(C)C. The van der Waals surface area contributed by atoms with Gasteiger partial charge in [0.25, 0.3) is 8.32 Å². The molecule has 0 fully saturated rings. The molecular formula is C16H26O2Si. The summed E-state index contributed by atoms with van der Waals surface area (Å²) in [6.07, 6.45) is 0.922. The van der Waals surface area contributed by atoms with Gasteiger partial charge < -0.3 is 4.43 Å². The van der Waals surface area contributed by atoms with Gasteiger partial charge >= 0.3 is 0 Å². The third kappa shape index (κ3) is 3.08. The zero-order chi connectivity index (χ0) is 15.0. The van der Waals surface area contributed by atoms with Crippen LogP contribution in [0.2, 0.25) is 18.1 Å². The standard InChI is InChI=1S/C16H26O2Si/c1-11-9-14(10-17)12(2)13(3)15(11)18-19(7,8)16(4,5)6/h9-10H,1-8H3. The van der Waals surface area contributed by atoms with Crippen molar-refractivity contribution in [2.24, 2.45) is 0 Å². The van der Waals surface area contributed by atoms with E-state index in [2.05, 4.69) is 33.9 Å². The molecule has 0 bridgehead atoms. The molecule has 0 amide bonds. The first kappa shape index (κ1) is 16.0. The molecular weight excluding hydrogens is 252 g/mol. The van der Waals surface area contributed by atoms with Crippen LogP contribution in [0.4, 0.5) is 0 Å². The van der Waals surface area contributed by atoms with Crippen molar-refractivity contribution < 1.29 is 9.22 Å². The van der Waals surface area contributed by atoms with Crippen LogP contribution in [-0.4, -0.2) is 14.6 Å². The molecule has 106 valence electrons. The normalized spacial score (nSPS) is 12.4. The fourth-order valence-corrected chi connectivity index (χ4v) is 2.91. The summed E-state index contributed by atoms with van der Waals surface area (Å²) in [6, 6.07) is 1.93. The van der Waals surface area contributed by atoms with Crippen LogP contribution in [0, 0.1) is 20.8 Å². The molecule has 1 aromatic rings. The number of aryl methyl sites for hydroxylation is 1. The van der Waals surface area contributed by atoms with E-state index < -0.39 is 8.32 Å². The number of aldehydes is 1. The number of hydrogen-bond acceptors (Lipinski definition) is 2. The van der Waals surface area contributed by atoms with E-state index in [-0.39, 0.29) is 5.04 Å². The lowest BCUT2D eigenvalue weighted by Gasteiger charge is -2.37. The van der Waals surface area contributed by atoms with E-state index in [1.807, 2.05) is 26.8 Å². The molecule has 0 radical (unpaired) electrons. The molecule has 1 aromatic carbocycles. The predicted octanol–water partition coefficient (Wildman–Crippen LogP) is 4.81. The van der Waals surface area contributed by atoms with Crippen molar-refractivity contribution >= 4 is 14.6 Å². The van der Waals surface area contributed by atoms with E-state index in [4.69, 9.17) is 4.43 Å². The molecule has 2 nitrogen and oxygen atoms in total. The Balaban J connectivity index is 3.31. The van der Waals surface area contributed by atoms with Crippen molar-refractivity contribution in [1.29, 1.82) is 0 Å². The number of rotatable bonds is 3. The Labute approximate surface area is 118 Å². The van der Waals surface area contributed by atoms with Crippen molar-refractivity contribution in [2.45, 2.75) is 59.7 Å². The maximum atomic E-state index is 11.1. The second-order valence-electron chi connectivity index (χ2n) is 6.84. The third-order valence-corrected chi connectivity index (χ3v) is 8.68. The lowest BCUT2D eigenvalue weighted by molar-refractivity contribution is 0.112. The van der Waals surface area contributed by atoms with Gasteiger partial charge in [0.05, 0.1) is 0 Å². The Morgan fingerprint density at radius 1 is 1.11 bits per heavy atom. The summed E-state index contributed by atoms with van der Waals surface area (Å²) in [7, 11) is -1.85. The Morgan fingerprint density at radius 2 is 1.63 bits per heavy atom. The zero-order valence-electron chi connectivity index (χ0n) is 13.5. The summed E-state index contributed by atoms with van der Waals surface area (Å²) in [5, 5.41) is 0.170. The fraction of sp³-hybridized carbons (Fsp3) is 0.562. The largest absolute Gasteiger partial charge is 0.543 e. The van der Waals surface area contributed by atoms with Crippen molar-refractivity contribution in [3.8, 4) is 5.75 Å². The summed E-state index contributed by atoms with van der Waals surface area (Å²) in [5.41, 5.74) is 3.92. The summed E-state index contributed by atoms with van der Waals surface area (Å²) < 4.78 is 6.43. The van der Waals surface area contributed by atoms with Gasteiger partial charge in [-0.2, -0.15) is 0 Å². The first-order chi connectivity index (χ1) is 8.51. The molecule has 3 heteroatoms. The lowest BCUT2D eigenvalue weighted by atomic mass is 10.00. The molecule has 1 rings (SSSR count). The van der Waals surface area contributed by atoms with Crippen molar-refractivity contribution in [1.82, 2.24) is 0 Å². The molecule has 0 aromatic heterocycles. The van der Waals surface area contributed by atoms with Crippen LogP contribution < -0.4 is 4.43 Å². The van der Waals surface area contributed by atoms with Crippen LogP contribution in [-0.2, 0) is 0 Å². The van der Waals surface area contributed by atoms with Crippen molar-refractivity contribution in [2.75, 3.05) is 0 Å². The van der Waals surface area contributed by atoms with Gasteiger partial charge in [-0.3, -0.25) is 4.79 Å². The molecule has 0 heterocycles. The van der Waals surface area contributed by atoms with Crippen LogP contribution in [0.25, 0.3) is 0 Å². The number of hydrogen-bond donors (Lipinski definition) is 0. The van der Waals surface area contributed by atoms with Crippen molar-refractivity contribution in [3.05, 3.63) is 28.3 Å². The Morgan fingerprint density at radius 3 is 2.05 bits per heavy atom. The lowest BCUT2D eigenvalue weighted by Crippen LogP contribution is -2.44. The summed E-state index contributed by atoms with van der Waals surface area (Å²) >= 11 is 0. The average molecular weight is 278 g/mol. The maximum Gasteiger partial charge on any atom is 0.250 e. The Bertz CT molecular complexity index is 496. The van der Waals surface area contributed by atoms with Gasteiger partial charge in [-0.25, -0.2) is 0 Å². The van der Waals surface area contributed by atoms with E-state index in [9.17, 15) is 4.79 Å². The van der Waals surface area contributed by atoms with Gasteiger partial charge in [-0.1, -0.05) is 20.8 Å². The summed E-state index contributed by atoms with van der Waals surface area (Å²) in [6.45, 7) is 17.2. The fourth-order valence-electron chi connectivity index (χ4n) is 1.78. The summed E-state index contributed by atoms with van der Waals surface area (Å²) in [4.78, 5) is 11.1. The van der Waals surface area contributed by atoms with E-state index in [0.29, 0.717) is 0 Å². The Kier molecular flexibility index (Phi) is 4.30. The number of carbonyl (C=O) groups excluding carboxylic acids is 1. The average Bonchev–Trinajstić information content (AvgIpc) is 2.27. The van der Waals surface area contributed by atoms with E-state index in [1.54, 1.807) is 0 Å². The first-order valence-electron chi connectivity index (χ1n) is 6.76. The zero-order valence-corrected chi connectivity index (χ0v) is 14.5. The monoisotopic (exact) mass is 278 g/mol. The van der Waals surface area contributed by atoms with Gasteiger partial charge in [0, 0.05) is 5.56 Å². The smallest absolute Gasteiger partial charge is 0.250 e. The van der Waals surface area contributed by atoms with E-state index in [1.165, 1.54) is 0 Å². The third-order valence-electron chi connectivity index (χ3n) is 4.36. The number of carbonyl (C=O) groups is 1. The second kappa shape index (κ2) is 5.12. The van der Waals surface area contributed by atoms with Gasteiger partial charge in [0.1, 0.15) is 12.0 Å². The second-order valence-corrected chi connectivity index (χ2v) is 11.6. The molecule has 19 heavy (non-hydrogen) atoms.